The second-order valence-corrected chi connectivity index (χ2v) is 7.47. The van der Waals surface area contributed by atoms with E-state index < -0.39 is 12.6 Å². The molecule has 2 rings (SSSR count). The molecule has 2 N–H and O–H groups in total. The molecule has 0 unspecified atom stereocenters. The van der Waals surface area contributed by atoms with Gasteiger partial charge in [-0.15, -0.1) is 24.0 Å². The number of hydrogen-bond acceptors (Lipinski definition) is 3. The molecular formula is C15H28F3IN4S. The molecule has 1 saturated carbocycles. The lowest BCUT2D eigenvalue weighted by Gasteiger charge is -2.43. The Balaban J connectivity index is 0.00000288. The van der Waals surface area contributed by atoms with Crippen molar-refractivity contribution in [2.45, 2.75) is 43.8 Å². The van der Waals surface area contributed by atoms with Crippen LogP contribution in [0.15, 0.2) is 4.99 Å². The molecule has 24 heavy (non-hydrogen) atoms. The Morgan fingerprint density at radius 3 is 2.33 bits per heavy atom. The van der Waals surface area contributed by atoms with Crippen molar-refractivity contribution in [3.8, 4) is 0 Å². The van der Waals surface area contributed by atoms with Crippen molar-refractivity contribution in [1.29, 1.82) is 0 Å². The Kier molecular flexibility index (Phi) is 9.50. The third kappa shape index (κ3) is 6.78. The largest absolute Gasteiger partial charge is 0.390 e. The number of nitrogens with zero attached hydrogens (tertiary/aromatic N) is 2. The molecule has 4 nitrogen and oxygen atoms in total. The van der Waals surface area contributed by atoms with E-state index in [1.54, 1.807) is 7.05 Å². The first-order chi connectivity index (χ1) is 11.0. The molecule has 1 aliphatic carbocycles. The summed E-state index contributed by atoms with van der Waals surface area (Å²) in [5, 5.41) is 6.03. The summed E-state index contributed by atoms with van der Waals surface area (Å²) in [6.07, 6.45) is -0.211. The zero-order valence-corrected chi connectivity index (χ0v) is 17.3. The molecule has 9 heteroatoms. The van der Waals surface area contributed by atoms with Crippen LogP contribution >= 0.6 is 35.7 Å². The molecule has 0 radical (unpaired) electrons. The maximum atomic E-state index is 12.2. The van der Waals surface area contributed by atoms with E-state index in [4.69, 9.17) is 0 Å². The first-order valence-corrected chi connectivity index (χ1v) is 9.45. The molecule has 2 aliphatic rings. The minimum absolute atomic E-state index is 0. The number of guanidine groups is 1. The third-order valence-electron chi connectivity index (χ3n) is 4.73. The molecule has 0 atom stereocenters. The van der Waals surface area contributed by atoms with E-state index in [-0.39, 0.29) is 36.1 Å². The molecule has 0 aromatic heterocycles. The first kappa shape index (κ1) is 22.1. The van der Waals surface area contributed by atoms with Gasteiger partial charge in [0.25, 0.3) is 0 Å². The van der Waals surface area contributed by atoms with Crippen LogP contribution in [0.4, 0.5) is 13.2 Å². The SMILES string of the molecule is CN=C(NCCC(F)(F)F)NCC1(N2CCSCC2)CCCC1.I. The predicted molar refractivity (Wildman–Crippen MR) is 106 cm³/mol. The van der Waals surface area contributed by atoms with Gasteiger partial charge in [0.15, 0.2) is 5.96 Å². The van der Waals surface area contributed by atoms with Crippen LogP contribution < -0.4 is 10.6 Å². The standard InChI is InChI=1S/C15H27F3N4S.HI/c1-19-13(20-7-6-15(16,17)18)21-12-14(4-2-3-5-14)22-8-10-23-11-9-22;/h2-12H2,1H3,(H2,19,20,21);1H. The topological polar surface area (TPSA) is 39.7 Å². The summed E-state index contributed by atoms with van der Waals surface area (Å²) in [5.74, 6) is 2.80. The van der Waals surface area contributed by atoms with Gasteiger partial charge in [-0.3, -0.25) is 9.89 Å². The van der Waals surface area contributed by atoms with Crippen molar-refractivity contribution in [2.75, 3.05) is 44.7 Å². The van der Waals surface area contributed by atoms with Gasteiger partial charge in [-0.1, -0.05) is 12.8 Å². The highest BCUT2D eigenvalue weighted by Gasteiger charge is 2.40. The van der Waals surface area contributed by atoms with Crippen LogP contribution in [-0.4, -0.2) is 67.3 Å². The monoisotopic (exact) mass is 480 g/mol. The summed E-state index contributed by atoms with van der Waals surface area (Å²) in [5.41, 5.74) is 0.141. The summed E-state index contributed by atoms with van der Waals surface area (Å²) < 4.78 is 36.7. The second kappa shape index (κ2) is 10.3. The lowest BCUT2D eigenvalue weighted by molar-refractivity contribution is -0.132. The van der Waals surface area contributed by atoms with Crippen LogP contribution in [0, 0.1) is 0 Å². The number of alkyl halides is 3. The van der Waals surface area contributed by atoms with Gasteiger partial charge in [-0.2, -0.15) is 24.9 Å². The summed E-state index contributed by atoms with van der Waals surface area (Å²) in [6.45, 7) is 2.82. The number of rotatable bonds is 5. The van der Waals surface area contributed by atoms with Crippen molar-refractivity contribution in [3.05, 3.63) is 0 Å². The van der Waals surface area contributed by atoms with Gasteiger partial charge >= 0.3 is 6.18 Å². The van der Waals surface area contributed by atoms with E-state index in [1.807, 2.05) is 11.8 Å². The molecule has 0 aromatic rings. The highest BCUT2D eigenvalue weighted by molar-refractivity contribution is 14.0. The Hall–Kier alpha value is 0.1000. The average molecular weight is 480 g/mol. The molecule has 1 saturated heterocycles. The van der Waals surface area contributed by atoms with E-state index in [0.717, 1.165) is 32.5 Å². The first-order valence-electron chi connectivity index (χ1n) is 8.29. The van der Waals surface area contributed by atoms with Crippen molar-refractivity contribution in [3.63, 3.8) is 0 Å². The predicted octanol–water partition coefficient (Wildman–Crippen LogP) is 3.08. The van der Waals surface area contributed by atoms with Gasteiger partial charge in [0.05, 0.1) is 6.42 Å². The highest BCUT2D eigenvalue weighted by atomic mass is 127. The zero-order chi connectivity index (χ0) is 16.8. The van der Waals surface area contributed by atoms with Crippen LogP contribution in [0.1, 0.15) is 32.1 Å². The van der Waals surface area contributed by atoms with Crippen molar-refractivity contribution < 1.29 is 13.2 Å². The van der Waals surface area contributed by atoms with Crippen LogP contribution in [0.25, 0.3) is 0 Å². The Morgan fingerprint density at radius 2 is 1.79 bits per heavy atom. The molecule has 142 valence electrons. The van der Waals surface area contributed by atoms with E-state index in [0.29, 0.717) is 5.96 Å². The summed E-state index contributed by atoms with van der Waals surface area (Å²) >= 11 is 1.99. The maximum Gasteiger partial charge on any atom is 0.390 e. The van der Waals surface area contributed by atoms with Gasteiger partial charge in [0.2, 0.25) is 0 Å². The van der Waals surface area contributed by atoms with Crippen LogP contribution in [0.3, 0.4) is 0 Å². The highest BCUT2D eigenvalue weighted by Crippen LogP contribution is 2.36. The summed E-state index contributed by atoms with van der Waals surface area (Å²) in [7, 11) is 1.60. The smallest absolute Gasteiger partial charge is 0.356 e. The summed E-state index contributed by atoms with van der Waals surface area (Å²) in [6, 6.07) is 0. The maximum absolute atomic E-state index is 12.2. The van der Waals surface area contributed by atoms with Crippen LogP contribution in [0.5, 0.6) is 0 Å². The fourth-order valence-corrected chi connectivity index (χ4v) is 4.37. The quantitative estimate of drug-likeness (QED) is 0.361. The van der Waals surface area contributed by atoms with E-state index in [2.05, 4.69) is 20.5 Å². The Bertz CT molecular complexity index is 395. The van der Waals surface area contributed by atoms with Gasteiger partial charge in [0.1, 0.15) is 0 Å². The number of thioether (sulfide) groups is 1. The second-order valence-electron chi connectivity index (χ2n) is 6.25. The fourth-order valence-electron chi connectivity index (χ4n) is 3.47. The minimum atomic E-state index is -4.13. The number of aliphatic imine (C=N–C) groups is 1. The Labute approximate surface area is 163 Å². The van der Waals surface area contributed by atoms with Gasteiger partial charge in [-0.05, 0) is 12.8 Å². The van der Waals surface area contributed by atoms with Gasteiger partial charge < -0.3 is 10.6 Å². The van der Waals surface area contributed by atoms with E-state index in [9.17, 15) is 13.2 Å². The van der Waals surface area contributed by atoms with E-state index >= 15 is 0 Å². The third-order valence-corrected chi connectivity index (χ3v) is 5.67. The molecule has 1 heterocycles. The molecule has 2 fully saturated rings. The fraction of sp³-hybridized carbons (Fsp3) is 0.933. The molecule has 0 spiro atoms. The lowest BCUT2D eigenvalue weighted by Crippen LogP contribution is -2.57. The number of nitrogens with one attached hydrogen (secondary N) is 2. The van der Waals surface area contributed by atoms with Gasteiger partial charge in [0, 0.05) is 50.3 Å². The van der Waals surface area contributed by atoms with Crippen molar-refractivity contribution in [2.24, 2.45) is 4.99 Å². The Morgan fingerprint density at radius 1 is 1.17 bits per heavy atom. The van der Waals surface area contributed by atoms with E-state index in [1.165, 1.54) is 24.3 Å². The molecule has 0 bridgehead atoms. The van der Waals surface area contributed by atoms with Crippen LogP contribution in [-0.2, 0) is 0 Å². The average Bonchev–Trinajstić information content (AvgIpc) is 3.00. The molecule has 0 amide bonds. The lowest BCUT2D eigenvalue weighted by atomic mass is 9.94. The van der Waals surface area contributed by atoms with Crippen LogP contribution in [0.2, 0.25) is 0 Å². The molecule has 1 aliphatic heterocycles. The summed E-state index contributed by atoms with van der Waals surface area (Å²) in [4.78, 5) is 6.63. The molecule has 0 aromatic carbocycles. The van der Waals surface area contributed by atoms with Crippen molar-refractivity contribution >= 4 is 41.7 Å². The van der Waals surface area contributed by atoms with Gasteiger partial charge in [-0.25, -0.2) is 0 Å². The molecular weight excluding hydrogens is 452 g/mol. The van der Waals surface area contributed by atoms with Crippen molar-refractivity contribution in [1.82, 2.24) is 15.5 Å². The normalized spacial score (nSPS) is 22.1. The minimum Gasteiger partial charge on any atom is -0.356 e. The zero-order valence-electron chi connectivity index (χ0n) is 14.1. The number of halogens is 4. The number of hydrogen-bond donors (Lipinski definition) is 2.